The molecule has 130 valence electrons. The molecule has 0 aliphatic carbocycles. The number of hydrogen-bond acceptors (Lipinski definition) is 3. The van der Waals surface area contributed by atoms with E-state index in [0.717, 1.165) is 25.9 Å². The number of nitrogens with zero attached hydrogens (tertiary/aromatic N) is 1. The second-order valence-electron chi connectivity index (χ2n) is 6.14. The fraction of sp³-hybridized carbons (Fsp3) is 0.263. The van der Waals surface area contributed by atoms with Gasteiger partial charge in [-0.3, -0.25) is 4.79 Å². The van der Waals surface area contributed by atoms with Crippen molar-refractivity contribution in [1.29, 1.82) is 0 Å². The van der Waals surface area contributed by atoms with E-state index in [-0.39, 0.29) is 12.1 Å². The van der Waals surface area contributed by atoms with E-state index < -0.39 is 5.91 Å². The summed E-state index contributed by atoms with van der Waals surface area (Å²) in [5.41, 5.74) is 7.39. The van der Waals surface area contributed by atoms with Crippen molar-refractivity contribution in [2.75, 3.05) is 23.3 Å². The summed E-state index contributed by atoms with van der Waals surface area (Å²) in [6.07, 6.45) is 1.78. The fourth-order valence-corrected chi connectivity index (χ4v) is 3.02. The van der Waals surface area contributed by atoms with Crippen molar-refractivity contribution in [3.05, 3.63) is 60.2 Å². The predicted octanol–water partition coefficient (Wildman–Crippen LogP) is 2.58. The van der Waals surface area contributed by atoms with Crippen molar-refractivity contribution < 1.29 is 9.59 Å². The summed E-state index contributed by atoms with van der Waals surface area (Å²) >= 11 is 0. The molecule has 0 saturated carbocycles. The van der Waals surface area contributed by atoms with E-state index in [1.807, 2.05) is 18.2 Å². The van der Waals surface area contributed by atoms with Crippen molar-refractivity contribution in [3.8, 4) is 0 Å². The molecule has 0 unspecified atom stereocenters. The van der Waals surface area contributed by atoms with Crippen LogP contribution in [0.1, 0.15) is 23.2 Å². The Balaban J connectivity index is 1.49. The number of amides is 3. The number of anilines is 2. The number of piperidine rings is 1. The maximum absolute atomic E-state index is 12.2. The van der Waals surface area contributed by atoms with Gasteiger partial charge >= 0.3 is 6.03 Å². The number of primary amides is 1. The first kappa shape index (κ1) is 16.8. The van der Waals surface area contributed by atoms with Gasteiger partial charge in [0, 0.05) is 36.1 Å². The van der Waals surface area contributed by atoms with Crippen LogP contribution in [0.25, 0.3) is 0 Å². The smallest absolute Gasteiger partial charge is 0.319 e. The lowest BCUT2D eigenvalue weighted by atomic mass is 10.0. The molecule has 6 nitrogen and oxygen atoms in total. The zero-order chi connectivity index (χ0) is 17.6. The van der Waals surface area contributed by atoms with Gasteiger partial charge in [0.2, 0.25) is 5.91 Å². The topological polar surface area (TPSA) is 87.5 Å². The number of hydrogen-bond donors (Lipinski definition) is 3. The normalized spacial score (nSPS) is 14.8. The minimum atomic E-state index is -0.516. The van der Waals surface area contributed by atoms with Crippen LogP contribution in [0.3, 0.4) is 0 Å². The van der Waals surface area contributed by atoms with Crippen LogP contribution in [0.15, 0.2) is 54.6 Å². The Morgan fingerprint density at radius 1 is 1.00 bits per heavy atom. The van der Waals surface area contributed by atoms with Gasteiger partial charge in [0.15, 0.2) is 0 Å². The van der Waals surface area contributed by atoms with Gasteiger partial charge in [-0.25, -0.2) is 4.79 Å². The molecule has 25 heavy (non-hydrogen) atoms. The van der Waals surface area contributed by atoms with Crippen LogP contribution < -0.4 is 21.3 Å². The van der Waals surface area contributed by atoms with Gasteiger partial charge in [0.05, 0.1) is 0 Å². The Kier molecular flexibility index (Phi) is 5.18. The molecule has 4 N–H and O–H groups in total. The number of nitrogens with two attached hydrogens (primary N) is 1. The minimum absolute atomic E-state index is 0.138. The summed E-state index contributed by atoms with van der Waals surface area (Å²) < 4.78 is 0. The quantitative estimate of drug-likeness (QED) is 0.801. The van der Waals surface area contributed by atoms with Crippen LogP contribution in [-0.2, 0) is 0 Å². The van der Waals surface area contributed by atoms with Crippen LogP contribution >= 0.6 is 0 Å². The van der Waals surface area contributed by atoms with Gasteiger partial charge < -0.3 is 21.3 Å². The van der Waals surface area contributed by atoms with Crippen molar-refractivity contribution >= 4 is 23.3 Å². The fourth-order valence-electron chi connectivity index (χ4n) is 3.02. The number of para-hydroxylation sites is 1. The lowest BCUT2D eigenvalue weighted by Gasteiger charge is -2.33. The van der Waals surface area contributed by atoms with E-state index in [1.165, 1.54) is 5.69 Å². The molecule has 3 rings (SSSR count). The molecule has 1 fully saturated rings. The van der Waals surface area contributed by atoms with Crippen LogP contribution in [0.2, 0.25) is 0 Å². The third-order valence-electron chi connectivity index (χ3n) is 4.36. The lowest BCUT2D eigenvalue weighted by molar-refractivity contribution is 0.1000. The Hall–Kier alpha value is -3.02. The average Bonchev–Trinajstić information content (AvgIpc) is 2.63. The van der Waals surface area contributed by atoms with E-state index in [9.17, 15) is 9.59 Å². The van der Waals surface area contributed by atoms with Crippen LogP contribution in [0, 0.1) is 0 Å². The Labute approximate surface area is 147 Å². The minimum Gasteiger partial charge on any atom is -0.371 e. The summed E-state index contributed by atoms with van der Waals surface area (Å²) in [5, 5.41) is 5.75. The molecular formula is C19H22N4O2. The first-order chi connectivity index (χ1) is 12.1. The van der Waals surface area contributed by atoms with Crippen LogP contribution in [-0.4, -0.2) is 31.1 Å². The zero-order valence-corrected chi connectivity index (χ0v) is 13.9. The molecule has 0 aromatic heterocycles. The monoisotopic (exact) mass is 338 g/mol. The number of carbonyl (C=O) groups is 2. The number of nitrogens with one attached hydrogen (secondary N) is 2. The predicted molar refractivity (Wildman–Crippen MR) is 98.8 cm³/mol. The first-order valence-corrected chi connectivity index (χ1v) is 8.39. The van der Waals surface area contributed by atoms with E-state index in [0.29, 0.717) is 11.3 Å². The standard InChI is InChI=1S/C19H22N4O2/c20-18(24)14-5-4-6-16(13-14)22-19(25)21-15-9-11-23(12-10-15)17-7-2-1-3-8-17/h1-8,13,15H,9-12H2,(H2,20,24)(H2,21,22,25). The maximum atomic E-state index is 12.2. The van der Waals surface area contributed by atoms with E-state index in [1.54, 1.807) is 24.3 Å². The third kappa shape index (κ3) is 4.50. The summed E-state index contributed by atoms with van der Waals surface area (Å²) in [4.78, 5) is 25.7. The zero-order valence-electron chi connectivity index (χ0n) is 13.9. The van der Waals surface area contributed by atoms with Gasteiger partial charge in [-0.1, -0.05) is 24.3 Å². The highest BCUT2D eigenvalue weighted by Gasteiger charge is 2.20. The highest BCUT2D eigenvalue weighted by molar-refractivity contribution is 5.95. The molecule has 0 radical (unpaired) electrons. The second-order valence-corrected chi connectivity index (χ2v) is 6.14. The van der Waals surface area contributed by atoms with Gasteiger partial charge in [-0.05, 0) is 43.2 Å². The first-order valence-electron chi connectivity index (χ1n) is 8.39. The second kappa shape index (κ2) is 7.70. The molecule has 1 aliphatic rings. The molecule has 1 aliphatic heterocycles. The molecule has 2 aromatic rings. The summed E-state index contributed by atoms with van der Waals surface area (Å²) in [5.74, 6) is -0.516. The van der Waals surface area contributed by atoms with Gasteiger partial charge in [0.25, 0.3) is 0 Å². The van der Waals surface area contributed by atoms with E-state index in [4.69, 9.17) is 5.73 Å². The number of urea groups is 1. The SMILES string of the molecule is NC(=O)c1cccc(NC(=O)NC2CCN(c3ccccc3)CC2)c1. The van der Waals surface area contributed by atoms with E-state index >= 15 is 0 Å². The molecule has 2 aromatic carbocycles. The van der Waals surface area contributed by atoms with E-state index in [2.05, 4.69) is 27.7 Å². The summed E-state index contributed by atoms with van der Waals surface area (Å²) in [6, 6.07) is 16.8. The molecule has 1 heterocycles. The number of benzene rings is 2. The summed E-state index contributed by atoms with van der Waals surface area (Å²) in [6.45, 7) is 1.82. The Morgan fingerprint density at radius 2 is 1.72 bits per heavy atom. The van der Waals surface area contributed by atoms with Crippen molar-refractivity contribution in [1.82, 2.24) is 5.32 Å². The third-order valence-corrected chi connectivity index (χ3v) is 4.36. The van der Waals surface area contributed by atoms with Crippen molar-refractivity contribution in [2.45, 2.75) is 18.9 Å². The summed E-state index contributed by atoms with van der Waals surface area (Å²) in [7, 11) is 0. The van der Waals surface area contributed by atoms with Crippen LogP contribution in [0.5, 0.6) is 0 Å². The van der Waals surface area contributed by atoms with Crippen LogP contribution in [0.4, 0.5) is 16.2 Å². The Bertz CT molecular complexity index is 740. The lowest BCUT2D eigenvalue weighted by Crippen LogP contribution is -2.46. The van der Waals surface area contributed by atoms with Gasteiger partial charge in [-0.15, -0.1) is 0 Å². The number of rotatable bonds is 4. The maximum Gasteiger partial charge on any atom is 0.319 e. The Morgan fingerprint density at radius 3 is 2.40 bits per heavy atom. The molecule has 0 bridgehead atoms. The molecule has 6 heteroatoms. The molecular weight excluding hydrogens is 316 g/mol. The average molecular weight is 338 g/mol. The largest absolute Gasteiger partial charge is 0.371 e. The molecule has 3 amide bonds. The van der Waals surface area contributed by atoms with Gasteiger partial charge in [0.1, 0.15) is 0 Å². The molecule has 0 atom stereocenters. The number of carbonyl (C=O) groups excluding carboxylic acids is 2. The molecule has 1 saturated heterocycles. The van der Waals surface area contributed by atoms with Crippen molar-refractivity contribution in [2.24, 2.45) is 5.73 Å². The van der Waals surface area contributed by atoms with Crippen molar-refractivity contribution in [3.63, 3.8) is 0 Å². The highest BCUT2D eigenvalue weighted by Crippen LogP contribution is 2.19. The highest BCUT2D eigenvalue weighted by atomic mass is 16.2. The van der Waals surface area contributed by atoms with Gasteiger partial charge in [-0.2, -0.15) is 0 Å². The molecule has 0 spiro atoms.